The second kappa shape index (κ2) is 10.3. The maximum absolute atomic E-state index is 10.0. The molecule has 0 aliphatic heterocycles. The number of benzene rings is 1. The van der Waals surface area contributed by atoms with Crippen LogP contribution in [0, 0.1) is 0 Å². The molecule has 0 radical (unpaired) electrons. The minimum absolute atomic E-state index is 0.101. The van der Waals surface area contributed by atoms with Crippen molar-refractivity contribution in [2.75, 3.05) is 33.0 Å². The van der Waals surface area contributed by atoms with Crippen LogP contribution in [0.25, 0.3) is 11.5 Å². The molecule has 0 saturated carbocycles. The molecular formula is C14H17N2O5PS. The summed E-state index contributed by atoms with van der Waals surface area (Å²) in [4.78, 5) is 10.0. The first-order valence-electron chi connectivity index (χ1n) is 6.86. The molecular weight excluding hydrogens is 339 g/mol. The normalized spacial score (nSPS) is 10.7. The molecule has 0 spiro atoms. The molecule has 1 unspecified atom stereocenters. The summed E-state index contributed by atoms with van der Waals surface area (Å²) in [5, 5.41) is 8.34. The zero-order chi connectivity index (χ0) is 16.3. The summed E-state index contributed by atoms with van der Waals surface area (Å²) in [7, 11) is 2.46. The lowest BCUT2D eigenvalue weighted by atomic mass is 10.2. The molecule has 124 valence electrons. The summed E-state index contributed by atoms with van der Waals surface area (Å²) in [6.07, 6.45) is 0.710. The highest BCUT2D eigenvalue weighted by Gasteiger charge is 2.07. The summed E-state index contributed by atoms with van der Waals surface area (Å²) in [6, 6.07) is 7.38. The van der Waals surface area contributed by atoms with Crippen LogP contribution in [0.2, 0.25) is 0 Å². The van der Waals surface area contributed by atoms with E-state index in [9.17, 15) is 4.79 Å². The number of hydrogen-bond donors (Lipinski definition) is 0. The van der Waals surface area contributed by atoms with Gasteiger partial charge in [-0.15, -0.1) is 10.2 Å². The molecule has 1 aromatic carbocycles. The van der Waals surface area contributed by atoms with Gasteiger partial charge in [-0.25, -0.2) is 0 Å². The van der Waals surface area contributed by atoms with E-state index >= 15 is 0 Å². The SMILES string of the molecule is O=CCOCCOCCOc1ccc(-c2nnc(SP)o2)cc1. The van der Waals surface area contributed by atoms with E-state index in [1.165, 1.54) is 11.4 Å². The van der Waals surface area contributed by atoms with Gasteiger partial charge in [0.2, 0.25) is 5.89 Å². The standard InChI is InChI=1S/C14H17N2O5PS/c17-5-6-18-7-8-19-9-10-20-12-3-1-11(2-4-12)13-15-16-14(21-13)23-22/h1-5H,6-10,22H2. The first-order valence-corrected chi connectivity index (χ1v) is 9.15. The van der Waals surface area contributed by atoms with Crippen LogP contribution < -0.4 is 4.74 Å². The molecule has 0 aliphatic rings. The van der Waals surface area contributed by atoms with E-state index in [4.69, 9.17) is 18.6 Å². The molecule has 0 bridgehead atoms. The van der Waals surface area contributed by atoms with Gasteiger partial charge in [-0.05, 0) is 35.6 Å². The van der Waals surface area contributed by atoms with Crippen LogP contribution in [0.15, 0.2) is 33.9 Å². The van der Waals surface area contributed by atoms with E-state index in [0.29, 0.717) is 43.8 Å². The number of carbonyl (C=O) groups excluding carboxylic acids is 1. The summed E-state index contributed by atoms with van der Waals surface area (Å²) in [6.45, 7) is 1.81. The van der Waals surface area contributed by atoms with E-state index in [-0.39, 0.29) is 6.61 Å². The van der Waals surface area contributed by atoms with E-state index in [1.54, 1.807) is 0 Å². The van der Waals surface area contributed by atoms with Gasteiger partial charge in [0, 0.05) is 5.56 Å². The molecule has 2 aromatic rings. The largest absolute Gasteiger partial charge is 0.491 e. The zero-order valence-electron chi connectivity index (χ0n) is 12.3. The Morgan fingerprint density at radius 2 is 1.83 bits per heavy atom. The fourth-order valence-corrected chi connectivity index (χ4v) is 2.14. The maximum atomic E-state index is 10.0. The topological polar surface area (TPSA) is 83.7 Å². The van der Waals surface area contributed by atoms with Crippen molar-refractivity contribution in [2.45, 2.75) is 5.22 Å². The predicted octanol–water partition coefficient (Wildman–Crippen LogP) is 2.23. The molecule has 0 fully saturated rings. The van der Waals surface area contributed by atoms with Crippen LogP contribution in [0.4, 0.5) is 0 Å². The number of aromatic nitrogens is 2. The van der Waals surface area contributed by atoms with Gasteiger partial charge in [-0.3, -0.25) is 0 Å². The minimum Gasteiger partial charge on any atom is -0.491 e. The Kier molecular flexibility index (Phi) is 8.03. The summed E-state index contributed by atoms with van der Waals surface area (Å²) < 4.78 is 21.3. The second-order valence-corrected chi connectivity index (χ2v) is 5.51. The Bertz CT molecular complexity index is 593. The molecule has 0 N–H and O–H groups in total. The third-order valence-electron chi connectivity index (χ3n) is 2.66. The number of ether oxygens (including phenoxy) is 3. The number of carbonyl (C=O) groups is 1. The molecule has 1 atom stereocenters. The minimum atomic E-state index is 0.101. The Hall–Kier alpha value is -1.47. The molecule has 9 heteroatoms. The van der Waals surface area contributed by atoms with E-state index in [0.717, 1.165) is 11.3 Å². The number of rotatable bonds is 11. The highest BCUT2D eigenvalue weighted by Crippen LogP contribution is 2.27. The number of aldehydes is 1. The van der Waals surface area contributed by atoms with Crippen molar-refractivity contribution in [3.05, 3.63) is 24.3 Å². The van der Waals surface area contributed by atoms with Gasteiger partial charge in [-0.2, -0.15) is 0 Å². The fraction of sp³-hybridized carbons (Fsp3) is 0.357. The van der Waals surface area contributed by atoms with Crippen LogP contribution in [-0.4, -0.2) is 49.5 Å². The molecule has 0 amide bonds. The van der Waals surface area contributed by atoms with Gasteiger partial charge in [0.25, 0.3) is 5.22 Å². The summed E-state index contributed by atoms with van der Waals surface area (Å²) >= 11 is 1.32. The first-order chi connectivity index (χ1) is 11.3. The third-order valence-corrected chi connectivity index (χ3v) is 3.63. The number of hydrogen-bond acceptors (Lipinski definition) is 8. The van der Waals surface area contributed by atoms with Crippen LogP contribution >= 0.6 is 19.8 Å². The average Bonchev–Trinajstić information content (AvgIpc) is 3.07. The van der Waals surface area contributed by atoms with Gasteiger partial charge >= 0.3 is 0 Å². The second-order valence-electron chi connectivity index (χ2n) is 4.22. The lowest BCUT2D eigenvalue weighted by Crippen LogP contribution is -2.11. The molecule has 0 aliphatic carbocycles. The lowest BCUT2D eigenvalue weighted by molar-refractivity contribution is -0.112. The fourth-order valence-electron chi connectivity index (χ4n) is 1.64. The van der Waals surface area contributed by atoms with Gasteiger partial charge in [-0.1, -0.05) is 8.44 Å². The van der Waals surface area contributed by atoms with Crippen LogP contribution in [0.1, 0.15) is 0 Å². The van der Waals surface area contributed by atoms with Crippen molar-refractivity contribution in [1.82, 2.24) is 10.2 Å². The monoisotopic (exact) mass is 356 g/mol. The molecule has 23 heavy (non-hydrogen) atoms. The lowest BCUT2D eigenvalue weighted by Gasteiger charge is -2.07. The maximum Gasteiger partial charge on any atom is 0.280 e. The van der Waals surface area contributed by atoms with Crippen LogP contribution in [-0.2, 0) is 14.3 Å². The van der Waals surface area contributed by atoms with Crippen LogP contribution in [0.5, 0.6) is 5.75 Å². The Morgan fingerprint density at radius 3 is 2.52 bits per heavy atom. The van der Waals surface area contributed by atoms with Crippen molar-refractivity contribution in [3.8, 4) is 17.2 Å². The van der Waals surface area contributed by atoms with Crippen molar-refractivity contribution < 1.29 is 23.4 Å². The molecule has 0 saturated heterocycles. The Morgan fingerprint density at radius 1 is 1.09 bits per heavy atom. The third kappa shape index (κ3) is 6.27. The molecule has 1 heterocycles. The van der Waals surface area contributed by atoms with Gasteiger partial charge in [0.1, 0.15) is 25.2 Å². The van der Waals surface area contributed by atoms with Gasteiger partial charge in [0.05, 0.1) is 19.8 Å². The van der Waals surface area contributed by atoms with Gasteiger partial charge < -0.3 is 23.4 Å². The number of nitrogens with zero attached hydrogens (tertiary/aromatic N) is 2. The highest BCUT2D eigenvalue weighted by molar-refractivity contribution is 8.43. The van der Waals surface area contributed by atoms with Crippen molar-refractivity contribution in [2.24, 2.45) is 0 Å². The molecule has 1 aromatic heterocycles. The highest BCUT2D eigenvalue weighted by atomic mass is 32.7. The van der Waals surface area contributed by atoms with Crippen molar-refractivity contribution >= 4 is 26.1 Å². The zero-order valence-corrected chi connectivity index (χ0v) is 14.3. The predicted molar refractivity (Wildman–Crippen MR) is 88.5 cm³/mol. The van der Waals surface area contributed by atoms with E-state index < -0.39 is 0 Å². The van der Waals surface area contributed by atoms with Crippen molar-refractivity contribution in [3.63, 3.8) is 0 Å². The first kappa shape index (κ1) is 17.9. The van der Waals surface area contributed by atoms with Crippen molar-refractivity contribution in [1.29, 1.82) is 0 Å². The Balaban J connectivity index is 1.68. The van der Waals surface area contributed by atoms with E-state index in [1.807, 2.05) is 24.3 Å². The average molecular weight is 356 g/mol. The van der Waals surface area contributed by atoms with Crippen LogP contribution in [0.3, 0.4) is 0 Å². The smallest absolute Gasteiger partial charge is 0.280 e. The van der Waals surface area contributed by atoms with E-state index in [2.05, 4.69) is 18.6 Å². The summed E-state index contributed by atoms with van der Waals surface area (Å²) in [5.74, 6) is 1.20. The molecule has 2 rings (SSSR count). The summed E-state index contributed by atoms with van der Waals surface area (Å²) in [5.41, 5.74) is 0.832. The molecule has 7 nitrogen and oxygen atoms in total. The van der Waals surface area contributed by atoms with Gasteiger partial charge in [0.15, 0.2) is 0 Å². The quantitative estimate of drug-likeness (QED) is 0.344. The Labute approximate surface area is 140 Å².